The summed E-state index contributed by atoms with van der Waals surface area (Å²) in [6, 6.07) is 12.1. The quantitative estimate of drug-likeness (QED) is 0.923. The highest BCUT2D eigenvalue weighted by Gasteiger charge is 2.33. The highest BCUT2D eigenvalue weighted by molar-refractivity contribution is 7.99. The largest absolute Gasteiger partial charge is 0.378 e. The number of carbonyl (C=O) groups is 1. The molecule has 1 N–H and O–H groups in total. The number of hydrogen-bond donors (Lipinski definition) is 1. The SMILES string of the molecule is Cc1ccc(Sc2ccc3c(c2)N(C)C(=O)C3O)cc1C. The fraction of sp³-hybridized carbons (Fsp3) is 0.235. The van der Waals surface area contributed by atoms with Crippen LogP contribution in [0.1, 0.15) is 22.8 Å². The number of aryl methyl sites for hydroxylation is 2. The van der Waals surface area contributed by atoms with Gasteiger partial charge >= 0.3 is 0 Å². The van der Waals surface area contributed by atoms with Gasteiger partial charge in [0.25, 0.3) is 5.91 Å². The van der Waals surface area contributed by atoms with E-state index in [4.69, 9.17) is 0 Å². The number of amides is 1. The number of carbonyl (C=O) groups excluding carboxylic acids is 1. The molecule has 0 aromatic heterocycles. The smallest absolute Gasteiger partial charge is 0.260 e. The van der Waals surface area contributed by atoms with Crippen molar-refractivity contribution in [3.63, 3.8) is 0 Å². The number of rotatable bonds is 2. The van der Waals surface area contributed by atoms with Gasteiger partial charge < -0.3 is 10.0 Å². The lowest BCUT2D eigenvalue weighted by molar-refractivity contribution is -0.125. The summed E-state index contributed by atoms with van der Waals surface area (Å²) in [7, 11) is 1.70. The Morgan fingerprint density at radius 2 is 1.71 bits per heavy atom. The topological polar surface area (TPSA) is 40.5 Å². The highest BCUT2D eigenvalue weighted by atomic mass is 32.2. The fourth-order valence-corrected chi connectivity index (χ4v) is 3.41. The van der Waals surface area contributed by atoms with Gasteiger partial charge in [0.2, 0.25) is 0 Å². The molecule has 4 heteroatoms. The number of likely N-dealkylation sites (N-methyl/N-ethyl adjacent to an activating group) is 1. The second-order valence-electron chi connectivity index (χ2n) is 5.37. The van der Waals surface area contributed by atoms with Crippen molar-refractivity contribution in [2.75, 3.05) is 11.9 Å². The van der Waals surface area contributed by atoms with E-state index in [9.17, 15) is 9.90 Å². The maximum absolute atomic E-state index is 11.8. The molecular weight excluding hydrogens is 282 g/mol. The zero-order valence-corrected chi connectivity index (χ0v) is 13.1. The van der Waals surface area contributed by atoms with E-state index in [2.05, 4.69) is 32.0 Å². The molecule has 2 aromatic carbocycles. The first-order valence-electron chi connectivity index (χ1n) is 6.82. The number of hydrogen-bond acceptors (Lipinski definition) is 3. The van der Waals surface area contributed by atoms with Crippen molar-refractivity contribution in [2.24, 2.45) is 0 Å². The second-order valence-corrected chi connectivity index (χ2v) is 6.52. The van der Waals surface area contributed by atoms with Crippen LogP contribution < -0.4 is 4.90 Å². The van der Waals surface area contributed by atoms with Gasteiger partial charge in [0, 0.05) is 22.4 Å². The molecule has 1 aliphatic rings. The van der Waals surface area contributed by atoms with E-state index in [1.54, 1.807) is 18.8 Å². The molecule has 108 valence electrons. The van der Waals surface area contributed by atoms with Gasteiger partial charge in [-0.1, -0.05) is 23.9 Å². The van der Waals surface area contributed by atoms with Crippen LogP contribution >= 0.6 is 11.8 Å². The van der Waals surface area contributed by atoms with Crippen molar-refractivity contribution in [1.29, 1.82) is 0 Å². The first-order chi connectivity index (χ1) is 9.97. The van der Waals surface area contributed by atoms with Crippen LogP contribution in [-0.4, -0.2) is 18.1 Å². The first kappa shape index (κ1) is 14.2. The number of fused-ring (bicyclic) bond motifs is 1. The Bertz CT molecular complexity index is 727. The van der Waals surface area contributed by atoms with Gasteiger partial charge in [0.15, 0.2) is 6.10 Å². The number of nitrogens with zero attached hydrogens (tertiary/aromatic N) is 1. The van der Waals surface area contributed by atoms with E-state index in [0.717, 1.165) is 10.6 Å². The Morgan fingerprint density at radius 1 is 1.05 bits per heavy atom. The zero-order chi connectivity index (χ0) is 15.1. The molecule has 3 nitrogen and oxygen atoms in total. The number of anilines is 1. The van der Waals surface area contributed by atoms with E-state index >= 15 is 0 Å². The molecule has 2 aromatic rings. The molecule has 1 aliphatic heterocycles. The Balaban J connectivity index is 1.91. The molecule has 1 unspecified atom stereocenters. The van der Waals surface area contributed by atoms with Crippen LogP contribution in [-0.2, 0) is 4.79 Å². The predicted octanol–water partition coefficient (Wildman–Crippen LogP) is 3.46. The molecule has 3 rings (SSSR count). The lowest BCUT2D eigenvalue weighted by Gasteiger charge is -2.11. The summed E-state index contributed by atoms with van der Waals surface area (Å²) in [5.41, 5.74) is 4.03. The monoisotopic (exact) mass is 299 g/mol. The van der Waals surface area contributed by atoms with Crippen molar-refractivity contribution in [1.82, 2.24) is 0 Å². The molecule has 21 heavy (non-hydrogen) atoms. The lowest BCUT2D eigenvalue weighted by atomic mass is 10.1. The summed E-state index contributed by atoms with van der Waals surface area (Å²) in [5.74, 6) is -0.265. The van der Waals surface area contributed by atoms with Gasteiger partial charge in [-0.05, 0) is 49.2 Å². The van der Waals surface area contributed by atoms with Gasteiger partial charge in [0.1, 0.15) is 0 Å². The molecule has 0 fully saturated rings. The highest BCUT2D eigenvalue weighted by Crippen LogP contribution is 2.39. The van der Waals surface area contributed by atoms with Crippen molar-refractivity contribution >= 4 is 23.4 Å². The summed E-state index contributed by atoms with van der Waals surface area (Å²) >= 11 is 1.66. The van der Waals surface area contributed by atoms with Crippen LogP contribution in [0.25, 0.3) is 0 Å². The average molecular weight is 299 g/mol. The summed E-state index contributed by atoms with van der Waals surface area (Å²) in [4.78, 5) is 15.5. The van der Waals surface area contributed by atoms with Crippen LogP contribution in [0.4, 0.5) is 5.69 Å². The molecule has 1 atom stereocenters. The number of aliphatic hydroxyl groups is 1. The van der Waals surface area contributed by atoms with Crippen molar-refractivity contribution in [2.45, 2.75) is 29.7 Å². The molecule has 0 spiro atoms. The molecule has 0 saturated heterocycles. The third kappa shape index (κ3) is 2.45. The maximum Gasteiger partial charge on any atom is 0.260 e. The van der Waals surface area contributed by atoms with E-state index in [1.807, 2.05) is 18.2 Å². The summed E-state index contributed by atoms with van der Waals surface area (Å²) in [6.45, 7) is 4.20. The normalized spacial score (nSPS) is 17.2. The minimum atomic E-state index is -1.02. The molecular formula is C17H17NO2S. The summed E-state index contributed by atoms with van der Waals surface area (Å²) in [6.07, 6.45) is -1.02. The van der Waals surface area contributed by atoms with Gasteiger partial charge in [-0.15, -0.1) is 0 Å². The van der Waals surface area contributed by atoms with E-state index in [-0.39, 0.29) is 5.91 Å². The van der Waals surface area contributed by atoms with E-state index < -0.39 is 6.10 Å². The molecule has 0 aliphatic carbocycles. The van der Waals surface area contributed by atoms with Crippen LogP contribution in [0, 0.1) is 13.8 Å². The van der Waals surface area contributed by atoms with Crippen LogP contribution in [0.3, 0.4) is 0 Å². The molecule has 1 heterocycles. The second kappa shape index (κ2) is 5.20. The van der Waals surface area contributed by atoms with Gasteiger partial charge in [0.05, 0.1) is 5.69 Å². The van der Waals surface area contributed by atoms with Crippen LogP contribution in [0.2, 0.25) is 0 Å². The standard InChI is InChI=1S/C17H17NO2S/c1-10-4-5-12(8-11(10)2)21-13-6-7-14-15(9-13)18(3)17(20)16(14)19/h4-9,16,19H,1-3H3. The third-order valence-electron chi connectivity index (χ3n) is 3.94. The predicted molar refractivity (Wildman–Crippen MR) is 84.9 cm³/mol. The fourth-order valence-electron chi connectivity index (χ4n) is 2.46. The Labute approximate surface area is 128 Å². The third-order valence-corrected chi connectivity index (χ3v) is 4.92. The summed E-state index contributed by atoms with van der Waals surface area (Å²) in [5, 5.41) is 9.87. The van der Waals surface area contributed by atoms with Crippen LogP contribution in [0.5, 0.6) is 0 Å². The minimum Gasteiger partial charge on any atom is -0.378 e. The van der Waals surface area contributed by atoms with Crippen molar-refractivity contribution in [3.05, 3.63) is 53.1 Å². The van der Waals surface area contributed by atoms with Crippen molar-refractivity contribution in [3.8, 4) is 0 Å². The van der Waals surface area contributed by atoms with Crippen LogP contribution in [0.15, 0.2) is 46.2 Å². The number of benzene rings is 2. The zero-order valence-electron chi connectivity index (χ0n) is 12.3. The van der Waals surface area contributed by atoms with Gasteiger partial charge in [-0.2, -0.15) is 0 Å². The first-order valence-corrected chi connectivity index (χ1v) is 7.63. The van der Waals surface area contributed by atoms with Gasteiger partial charge in [-0.3, -0.25) is 4.79 Å². The minimum absolute atomic E-state index is 0.265. The van der Waals surface area contributed by atoms with Crippen molar-refractivity contribution < 1.29 is 9.90 Å². The maximum atomic E-state index is 11.8. The lowest BCUT2D eigenvalue weighted by Crippen LogP contribution is -2.23. The molecule has 0 radical (unpaired) electrons. The van der Waals surface area contributed by atoms with E-state index in [1.165, 1.54) is 20.9 Å². The average Bonchev–Trinajstić information content (AvgIpc) is 2.68. The number of aliphatic hydroxyl groups excluding tert-OH is 1. The molecule has 0 bridgehead atoms. The molecule has 0 saturated carbocycles. The Kier molecular flexibility index (Phi) is 3.51. The Hall–Kier alpha value is -1.78. The van der Waals surface area contributed by atoms with Gasteiger partial charge in [-0.25, -0.2) is 0 Å². The summed E-state index contributed by atoms with van der Waals surface area (Å²) < 4.78 is 0. The van der Waals surface area contributed by atoms with E-state index in [0.29, 0.717) is 5.56 Å². The Morgan fingerprint density at radius 3 is 2.43 bits per heavy atom. The molecule has 1 amide bonds.